The zero-order valence-corrected chi connectivity index (χ0v) is 22.7. The molecular weight excluding hydrogens is 381 g/mol. The van der Waals surface area contributed by atoms with Gasteiger partial charge >= 0.3 is 0 Å². The fourth-order valence-electron chi connectivity index (χ4n) is 1.85. The highest BCUT2D eigenvalue weighted by molar-refractivity contribution is 7.01. The van der Waals surface area contributed by atoms with E-state index >= 15 is 0 Å². The normalized spacial score (nSPS) is 25.5. The summed E-state index contributed by atoms with van der Waals surface area (Å²) in [6.45, 7) is 22.8. The Morgan fingerprint density at radius 2 is 0.560 bits per heavy atom. The minimum Gasteiger partial charge on any atom is -0.132 e. The van der Waals surface area contributed by atoms with Gasteiger partial charge in [-0.1, -0.05) is 37.6 Å². The molecule has 0 saturated carbocycles. The Balaban J connectivity index is 3.57. The minimum atomic E-state index is -1.84. The lowest BCUT2D eigenvalue weighted by Gasteiger charge is -2.15. The lowest BCUT2D eigenvalue weighted by molar-refractivity contribution is 1.83. The molecule has 0 aromatic carbocycles. The van der Waals surface area contributed by atoms with E-state index in [4.69, 9.17) is 0 Å². The summed E-state index contributed by atoms with van der Waals surface area (Å²) >= 11 is 0. The van der Waals surface area contributed by atoms with E-state index in [-0.39, 0.29) is 0 Å². The third-order valence-electron chi connectivity index (χ3n) is 3.69. The molecule has 1 heterocycles. The third kappa shape index (κ3) is 8.82. The zero-order valence-electron chi connectivity index (χ0n) is 17.7. The quantitative estimate of drug-likeness (QED) is 0.406. The molecule has 1 rings (SSSR count). The smallest absolute Gasteiger partial charge is 0.132 e. The Bertz CT molecular complexity index is 742. The zero-order chi connectivity index (χ0) is 19.6. The molecule has 1 aliphatic rings. The van der Waals surface area contributed by atoms with Crippen LogP contribution < -0.4 is 0 Å². The number of hydrogen-bond donors (Lipinski definition) is 0. The molecule has 0 saturated heterocycles. The van der Waals surface area contributed by atoms with Crippen molar-refractivity contribution in [2.24, 2.45) is 0 Å². The second-order valence-corrected chi connectivity index (χ2v) is 29.0. The van der Waals surface area contributed by atoms with Crippen molar-refractivity contribution in [3.63, 3.8) is 0 Å². The Morgan fingerprint density at radius 3 is 0.800 bits per heavy atom. The summed E-state index contributed by atoms with van der Waals surface area (Å²) in [7, 11) is -8.83. The van der Waals surface area contributed by atoms with Crippen molar-refractivity contribution < 1.29 is 0 Å². The molecule has 0 aromatic heterocycles. The SMILES string of the molecule is C[Si]1(C)C#C[Si](C)(C)C#C[Si](C)(C)/C=C\[Si](C)(C)C#C[Si](C)(C)C#C1. The van der Waals surface area contributed by atoms with Crippen LogP contribution in [-0.4, -0.2) is 40.4 Å². The van der Waals surface area contributed by atoms with Gasteiger partial charge in [-0.15, -0.1) is 44.3 Å². The average molecular weight is 413 g/mol. The van der Waals surface area contributed by atoms with Gasteiger partial charge in [0.2, 0.25) is 24.2 Å². The molecule has 0 radical (unpaired) electrons. The van der Waals surface area contributed by atoms with E-state index in [1.54, 1.807) is 0 Å². The molecule has 132 valence electrons. The fraction of sp³-hybridized carbons (Fsp3) is 0.500. The molecule has 25 heavy (non-hydrogen) atoms. The molecule has 0 atom stereocenters. The average Bonchev–Trinajstić information content (AvgIpc) is 2.46. The van der Waals surface area contributed by atoms with Crippen LogP contribution in [0.4, 0.5) is 0 Å². The monoisotopic (exact) mass is 412 g/mol. The molecule has 5 heteroatoms. The largest absolute Gasteiger partial charge is 0.209 e. The summed E-state index contributed by atoms with van der Waals surface area (Å²) in [5.41, 5.74) is 33.5. The van der Waals surface area contributed by atoms with Crippen LogP contribution in [0.25, 0.3) is 0 Å². The van der Waals surface area contributed by atoms with Crippen molar-refractivity contribution in [3.05, 3.63) is 11.4 Å². The van der Waals surface area contributed by atoms with Crippen LogP contribution in [0, 0.1) is 44.3 Å². The summed E-state index contributed by atoms with van der Waals surface area (Å²) in [4.78, 5) is 0. The van der Waals surface area contributed by atoms with Gasteiger partial charge in [0.15, 0.2) is 16.1 Å². The van der Waals surface area contributed by atoms with Crippen LogP contribution in [0.3, 0.4) is 0 Å². The summed E-state index contributed by atoms with van der Waals surface area (Å²) in [6, 6.07) is 0. The predicted octanol–water partition coefficient (Wildman–Crippen LogP) is 4.50. The summed E-state index contributed by atoms with van der Waals surface area (Å²) < 4.78 is 0. The van der Waals surface area contributed by atoms with Crippen molar-refractivity contribution in [3.8, 4) is 44.3 Å². The van der Waals surface area contributed by atoms with E-state index in [1.165, 1.54) is 0 Å². The molecule has 0 amide bonds. The fourth-order valence-corrected chi connectivity index (χ4v) is 15.6. The predicted molar refractivity (Wildman–Crippen MR) is 128 cm³/mol. The van der Waals surface area contributed by atoms with Crippen molar-refractivity contribution in [2.75, 3.05) is 0 Å². The van der Waals surface area contributed by atoms with Gasteiger partial charge in [-0.3, -0.25) is 0 Å². The Hall–Kier alpha value is -0.936. The van der Waals surface area contributed by atoms with Crippen molar-refractivity contribution in [2.45, 2.75) is 65.5 Å². The van der Waals surface area contributed by atoms with Gasteiger partial charge in [-0.05, 0) is 39.3 Å². The standard InChI is InChI=1S/C20H32Si5/c1-21(2)11-13-22(3,4)15-17-24(7,8)19-20-25(9,10)18-16-23(5,6)14-12-21/h11,13H,1-10H3/b13-11-. The van der Waals surface area contributed by atoms with Crippen LogP contribution >= 0.6 is 0 Å². The van der Waals surface area contributed by atoms with Gasteiger partial charge in [-0.25, -0.2) is 0 Å². The Morgan fingerprint density at radius 1 is 0.360 bits per heavy atom. The first kappa shape index (κ1) is 22.1. The molecule has 0 aliphatic carbocycles. The Labute approximate surface area is 161 Å². The van der Waals surface area contributed by atoms with Gasteiger partial charge in [0.1, 0.15) is 0 Å². The number of rotatable bonds is 0. The highest BCUT2D eigenvalue weighted by Crippen LogP contribution is 2.11. The molecule has 0 bridgehead atoms. The van der Waals surface area contributed by atoms with E-state index < -0.39 is 40.4 Å². The van der Waals surface area contributed by atoms with Crippen molar-refractivity contribution >= 4 is 40.4 Å². The summed E-state index contributed by atoms with van der Waals surface area (Å²) in [5, 5.41) is 0. The maximum absolute atomic E-state index is 3.62. The first-order valence-electron chi connectivity index (χ1n) is 8.91. The topological polar surface area (TPSA) is 0 Å². The number of hydrogen-bond acceptors (Lipinski definition) is 0. The van der Waals surface area contributed by atoms with Crippen molar-refractivity contribution in [1.82, 2.24) is 0 Å². The van der Waals surface area contributed by atoms with Gasteiger partial charge in [-0.2, -0.15) is 0 Å². The molecule has 0 unspecified atom stereocenters. The van der Waals surface area contributed by atoms with E-state index in [0.717, 1.165) is 0 Å². The summed E-state index contributed by atoms with van der Waals surface area (Å²) in [6.07, 6.45) is 0. The molecule has 0 spiro atoms. The molecule has 0 N–H and O–H groups in total. The van der Waals surface area contributed by atoms with E-state index in [0.29, 0.717) is 0 Å². The van der Waals surface area contributed by atoms with E-state index in [1.807, 2.05) is 0 Å². The highest BCUT2D eigenvalue weighted by atomic mass is 28.3. The molecule has 1 aliphatic heterocycles. The lowest BCUT2D eigenvalue weighted by atomic mass is 11.2. The van der Waals surface area contributed by atoms with Gasteiger partial charge < -0.3 is 0 Å². The van der Waals surface area contributed by atoms with Crippen LogP contribution in [0.15, 0.2) is 11.4 Å². The third-order valence-corrected chi connectivity index (χ3v) is 13.1. The maximum atomic E-state index is 3.62. The van der Waals surface area contributed by atoms with Gasteiger partial charge in [0, 0.05) is 0 Å². The molecule has 0 nitrogen and oxygen atoms in total. The van der Waals surface area contributed by atoms with Crippen molar-refractivity contribution in [1.29, 1.82) is 0 Å². The second kappa shape index (κ2) is 7.36. The minimum absolute atomic E-state index is 1.67. The van der Waals surface area contributed by atoms with E-state index in [2.05, 4.69) is 121 Å². The van der Waals surface area contributed by atoms with Crippen LogP contribution in [0.2, 0.25) is 65.5 Å². The highest BCUT2D eigenvalue weighted by Gasteiger charge is 2.24. The lowest BCUT2D eigenvalue weighted by Crippen LogP contribution is -2.29. The first-order valence-corrected chi connectivity index (χ1v) is 24.1. The van der Waals surface area contributed by atoms with Gasteiger partial charge in [0.05, 0.1) is 0 Å². The van der Waals surface area contributed by atoms with Crippen LogP contribution in [0.5, 0.6) is 0 Å². The van der Waals surface area contributed by atoms with Crippen LogP contribution in [-0.2, 0) is 0 Å². The van der Waals surface area contributed by atoms with Crippen LogP contribution in [0.1, 0.15) is 0 Å². The maximum Gasteiger partial charge on any atom is 0.209 e. The summed E-state index contributed by atoms with van der Waals surface area (Å²) in [5.74, 6) is 0. The Kier molecular flexibility index (Phi) is 6.51. The molecule has 0 aromatic rings. The molecular formula is C20H32Si5. The first-order chi connectivity index (χ1) is 11.0. The van der Waals surface area contributed by atoms with Gasteiger partial charge in [0.25, 0.3) is 0 Å². The molecule has 0 fully saturated rings. The second-order valence-electron chi connectivity index (χ2n) is 9.65. The van der Waals surface area contributed by atoms with E-state index in [9.17, 15) is 0 Å².